The van der Waals surface area contributed by atoms with Crippen LogP contribution in [0.5, 0.6) is 0 Å². The van der Waals surface area contributed by atoms with Crippen LogP contribution in [-0.4, -0.2) is 22.9 Å². The van der Waals surface area contributed by atoms with Crippen LogP contribution in [-0.2, 0) is 0 Å². The van der Waals surface area contributed by atoms with Gasteiger partial charge in [0.1, 0.15) is 14.9 Å². The maximum atomic E-state index is 11.4. The van der Waals surface area contributed by atoms with E-state index in [1.54, 1.807) is 24.6 Å². The third-order valence-electron chi connectivity index (χ3n) is 2.45. The highest BCUT2D eigenvalue weighted by Crippen LogP contribution is 2.23. The zero-order valence-corrected chi connectivity index (χ0v) is 12.6. The van der Waals surface area contributed by atoms with E-state index < -0.39 is 0 Å². The fourth-order valence-corrected chi connectivity index (χ4v) is 2.97. The van der Waals surface area contributed by atoms with Gasteiger partial charge in [0.25, 0.3) is 5.91 Å². The largest absolute Gasteiger partial charge is 0.354 e. The third kappa shape index (κ3) is 3.48. The Morgan fingerprint density at radius 3 is 2.42 bits per heavy atom. The summed E-state index contributed by atoms with van der Waals surface area (Å²) in [5, 5.41) is 4.35. The van der Waals surface area contributed by atoms with Crippen LogP contribution >= 0.6 is 22.7 Å². The molecular formula is C13H15N3OS2. The number of nitrogens with zero attached hydrogens (tertiary/aromatic N) is 2. The SMILES string of the molecule is CNC(=O)c1cnc(C=Cc2ncc(C(C)C)s2)s1. The molecule has 2 heterocycles. The van der Waals surface area contributed by atoms with E-state index in [0.29, 0.717) is 10.8 Å². The molecule has 2 aromatic heterocycles. The van der Waals surface area contributed by atoms with Gasteiger partial charge in [-0.25, -0.2) is 9.97 Å². The van der Waals surface area contributed by atoms with E-state index >= 15 is 0 Å². The lowest BCUT2D eigenvalue weighted by molar-refractivity contribution is 0.0967. The van der Waals surface area contributed by atoms with Gasteiger partial charge in [-0.1, -0.05) is 13.8 Å². The summed E-state index contributed by atoms with van der Waals surface area (Å²) in [7, 11) is 1.61. The summed E-state index contributed by atoms with van der Waals surface area (Å²) in [6.07, 6.45) is 7.32. The van der Waals surface area contributed by atoms with E-state index in [-0.39, 0.29) is 5.91 Å². The lowest BCUT2D eigenvalue weighted by Crippen LogP contribution is -2.16. The molecule has 0 aliphatic heterocycles. The summed E-state index contributed by atoms with van der Waals surface area (Å²) in [6, 6.07) is 0. The average Bonchev–Trinajstić information content (AvgIpc) is 3.04. The Hall–Kier alpha value is -1.53. The number of nitrogens with one attached hydrogen (secondary N) is 1. The first-order chi connectivity index (χ1) is 9.10. The van der Waals surface area contributed by atoms with Crippen molar-refractivity contribution in [2.45, 2.75) is 19.8 Å². The molecule has 2 aromatic rings. The molecule has 19 heavy (non-hydrogen) atoms. The molecular weight excluding hydrogens is 278 g/mol. The smallest absolute Gasteiger partial charge is 0.262 e. The number of aromatic nitrogens is 2. The van der Waals surface area contributed by atoms with Crippen LogP contribution < -0.4 is 5.32 Å². The molecule has 2 rings (SSSR count). The van der Waals surface area contributed by atoms with Crippen LogP contribution in [0, 0.1) is 0 Å². The molecule has 0 aliphatic carbocycles. The Morgan fingerprint density at radius 2 is 1.84 bits per heavy atom. The number of thiazole rings is 2. The Labute approximate surface area is 120 Å². The predicted octanol–water partition coefficient (Wildman–Crippen LogP) is 3.25. The molecule has 0 bridgehead atoms. The summed E-state index contributed by atoms with van der Waals surface area (Å²) in [6.45, 7) is 4.30. The van der Waals surface area contributed by atoms with Crippen molar-refractivity contribution in [1.29, 1.82) is 0 Å². The number of hydrogen-bond donors (Lipinski definition) is 1. The molecule has 0 radical (unpaired) electrons. The molecule has 0 aromatic carbocycles. The first-order valence-corrected chi connectivity index (χ1v) is 7.55. The molecule has 0 atom stereocenters. The zero-order valence-electron chi connectivity index (χ0n) is 11.0. The Bertz CT molecular complexity index is 599. The van der Waals surface area contributed by atoms with E-state index in [0.717, 1.165) is 10.0 Å². The van der Waals surface area contributed by atoms with E-state index in [2.05, 4.69) is 29.1 Å². The van der Waals surface area contributed by atoms with E-state index in [1.807, 2.05) is 18.3 Å². The highest BCUT2D eigenvalue weighted by atomic mass is 32.1. The highest BCUT2D eigenvalue weighted by molar-refractivity contribution is 7.14. The second-order valence-electron chi connectivity index (χ2n) is 4.23. The van der Waals surface area contributed by atoms with Crippen LogP contribution in [0.1, 0.15) is 44.3 Å². The summed E-state index contributed by atoms with van der Waals surface area (Å²) in [5.74, 6) is 0.396. The second-order valence-corrected chi connectivity index (χ2v) is 6.39. The number of carbonyl (C=O) groups excluding carboxylic acids is 1. The van der Waals surface area contributed by atoms with Crippen molar-refractivity contribution in [3.05, 3.63) is 32.2 Å². The van der Waals surface area contributed by atoms with Crippen LogP contribution in [0.25, 0.3) is 12.2 Å². The number of hydrogen-bond acceptors (Lipinski definition) is 5. The van der Waals surface area contributed by atoms with Gasteiger partial charge in [0.15, 0.2) is 0 Å². The summed E-state index contributed by atoms with van der Waals surface area (Å²) in [4.78, 5) is 21.8. The fourth-order valence-electron chi connectivity index (χ4n) is 1.38. The summed E-state index contributed by atoms with van der Waals surface area (Å²) in [5.41, 5.74) is 0. The third-order valence-corrected chi connectivity index (χ3v) is 4.68. The first-order valence-electron chi connectivity index (χ1n) is 5.92. The van der Waals surface area contributed by atoms with Gasteiger partial charge in [0.05, 0.1) is 6.20 Å². The minimum absolute atomic E-state index is 0.103. The molecule has 0 fully saturated rings. The highest BCUT2D eigenvalue weighted by Gasteiger charge is 2.07. The molecule has 6 heteroatoms. The standard InChI is InChI=1S/C13H15N3OS2/c1-8(2)9-6-15-11(18-9)4-5-12-16-7-10(19-12)13(17)14-3/h4-8H,1-3H3,(H,14,17). The second kappa shape index (κ2) is 6.08. The zero-order chi connectivity index (χ0) is 13.8. The number of amides is 1. The van der Waals surface area contributed by atoms with Crippen LogP contribution in [0.2, 0.25) is 0 Å². The van der Waals surface area contributed by atoms with Crippen LogP contribution in [0.4, 0.5) is 0 Å². The van der Waals surface area contributed by atoms with Crippen molar-refractivity contribution < 1.29 is 4.79 Å². The lowest BCUT2D eigenvalue weighted by Gasteiger charge is -1.95. The number of carbonyl (C=O) groups is 1. The minimum atomic E-state index is -0.103. The Balaban J connectivity index is 2.09. The van der Waals surface area contributed by atoms with Crippen molar-refractivity contribution in [3.8, 4) is 0 Å². The lowest BCUT2D eigenvalue weighted by atomic mass is 10.2. The molecule has 100 valence electrons. The van der Waals surface area contributed by atoms with E-state index in [4.69, 9.17) is 0 Å². The van der Waals surface area contributed by atoms with Gasteiger partial charge < -0.3 is 5.32 Å². The van der Waals surface area contributed by atoms with Crippen molar-refractivity contribution in [1.82, 2.24) is 15.3 Å². The Morgan fingerprint density at radius 1 is 1.21 bits per heavy atom. The van der Waals surface area contributed by atoms with E-state index in [9.17, 15) is 4.79 Å². The van der Waals surface area contributed by atoms with Crippen molar-refractivity contribution in [2.24, 2.45) is 0 Å². The van der Waals surface area contributed by atoms with Gasteiger partial charge in [-0.05, 0) is 18.1 Å². The van der Waals surface area contributed by atoms with Crippen molar-refractivity contribution in [2.75, 3.05) is 7.05 Å². The molecule has 0 saturated heterocycles. The quantitative estimate of drug-likeness (QED) is 0.941. The fraction of sp³-hybridized carbons (Fsp3) is 0.308. The molecule has 0 spiro atoms. The molecule has 0 aliphatic rings. The molecule has 0 unspecified atom stereocenters. The molecule has 1 N–H and O–H groups in total. The number of rotatable bonds is 4. The summed E-state index contributed by atoms with van der Waals surface area (Å²) < 4.78 is 0. The van der Waals surface area contributed by atoms with Crippen LogP contribution in [0.3, 0.4) is 0 Å². The Kier molecular flexibility index (Phi) is 4.44. The van der Waals surface area contributed by atoms with Gasteiger partial charge in [0, 0.05) is 18.1 Å². The van der Waals surface area contributed by atoms with Crippen molar-refractivity contribution >= 4 is 40.7 Å². The molecule has 4 nitrogen and oxygen atoms in total. The maximum Gasteiger partial charge on any atom is 0.262 e. The summed E-state index contributed by atoms with van der Waals surface area (Å²) >= 11 is 3.04. The maximum absolute atomic E-state index is 11.4. The van der Waals surface area contributed by atoms with Gasteiger partial charge in [-0.2, -0.15) is 0 Å². The minimum Gasteiger partial charge on any atom is -0.354 e. The average molecular weight is 293 g/mol. The van der Waals surface area contributed by atoms with Gasteiger partial charge >= 0.3 is 0 Å². The normalized spacial score (nSPS) is 11.4. The monoisotopic (exact) mass is 293 g/mol. The van der Waals surface area contributed by atoms with Gasteiger partial charge in [-0.15, -0.1) is 22.7 Å². The van der Waals surface area contributed by atoms with E-state index in [1.165, 1.54) is 16.2 Å². The van der Waals surface area contributed by atoms with Crippen molar-refractivity contribution in [3.63, 3.8) is 0 Å². The van der Waals surface area contributed by atoms with Crippen LogP contribution in [0.15, 0.2) is 12.4 Å². The predicted molar refractivity (Wildman–Crippen MR) is 80.6 cm³/mol. The molecule has 0 saturated carbocycles. The topological polar surface area (TPSA) is 54.9 Å². The van der Waals surface area contributed by atoms with Gasteiger partial charge in [-0.3, -0.25) is 4.79 Å². The molecule has 1 amide bonds. The first kappa shape index (κ1) is 13.9. The van der Waals surface area contributed by atoms with Gasteiger partial charge in [0.2, 0.25) is 0 Å².